The van der Waals surface area contributed by atoms with Crippen molar-refractivity contribution >= 4 is 11.5 Å². The second-order valence-corrected chi connectivity index (χ2v) is 9.61. The first-order chi connectivity index (χ1) is 17.3. The van der Waals surface area contributed by atoms with Crippen molar-refractivity contribution in [3.05, 3.63) is 89.0 Å². The van der Waals surface area contributed by atoms with Gasteiger partial charge in [0.15, 0.2) is 0 Å². The molecule has 3 aromatic rings. The van der Waals surface area contributed by atoms with Crippen molar-refractivity contribution < 1.29 is 24.5 Å². The van der Waals surface area contributed by atoms with Crippen LogP contribution in [0.5, 0.6) is 11.5 Å². The van der Waals surface area contributed by atoms with E-state index in [0.29, 0.717) is 13.0 Å². The maximum atomic E-state index is 11.1. The number of phenolic OH excluding ortho intramolecular Hbond substituents is 1. The highest BCUT2D eigenvalue weighted by atomic mass is 16.5. The van der Waals surface area contributed by atoms with Gasteiger partial charge in [0.2, 0.25) is 0 Å². The smallest absolute Gasteiger partial charge is 0.303 e. The number of benzene rings is 3. The van der Waals surface area contributed by atoms with Crippen LogP contribution in [0, 0.1) is 13.8 Å². The van der Waals surface area contributed by atoms with Gasteiger partial charge < -0.3 is 19.7 Å². The van der Waals surface area contributed by atoms with Gasteiger partial charge in [-0.3, -0.25) is 4.79 Å². The molecule has 1 fully saturated rings. The molecule has 0 aromatic heterocycles. The van der Waals surface area contributed by atoms with Crippen LogP contribution in [0.25, 0.3) is 16.7 Å². The molecule has 5 rings (SSSR count). The molecule has 1 aliphatic carbocycles. The van der Waals surface area contributed by atoms with Crippen LogP contribution >= 0.6 is 0 Å². The maximum Gasteiger partial charge on any atom is 0.303 e. The lowest BCUT2D eigenvalue weighted by Crippen LogP contribution is -2.03. The summed E-state index contributed by atoms with van der Waals surface area (Å²) in [5, 5.41) is 19.0. The van der Waals surface area contributed by atoms with Crippen LogP contribution in [0.3, 0.4) is 0 Å². The summed E-state index contributed by atoms with van der Waals surface area (Å²) in [5.74, 6) is 0.229. The Hall–Kier alpha value is -3.57. The summed E-state index contributed by atoms with van der Waals surface area (Å²) < 4.78 is 11.0. The molecule has 0 amide bonds. The second kappa shape index (κ2) is 11.4. The van der Waals surface area contributed by atoms with E-state index in [1.54, 1.807) is 12.1 Å². The summed E-state index contributed by atoms with van der Waals surface area (Å²) in [5.41, 5.74) is 8.34. The van der Waals surface area contributed by atoms with Crippen molar-refractivity contribution in [2.24, 2.45) is 0 Å². The van der Waals surface area contributed by atoms with Crippen LogP contribution in [0.1, 0.15) is 59.4 Å². The van der Waals surface area contributed by atoms with Crippen molar-refractivity contribution in [3.8, 4) is 22.6 Å². The fourth-order valence-corrected chi connectivity index (χ4v) is 5.09. The first-order valence-electron chi connectivity index (χ1n) is 12.5. The highest BCUT2D eigenvalue weighted by Gasteiger charge is 2.27. The average molecular weight is 487 g/mol. The molecular weight excluding hydrogens is 452 g/mol. The lowest BCUT2D eigenvalue weighted by molar-refractivity contribution is -0.137. The van der Waals surface area contributed by atoms with Crippen LogP contribution in [0.4, 0.5) is 0 Å². The van der Waals surface area contributed by atoms with E-state index in [1.165, 1.54) is 12.8 Å². The normalized spacial score (nSPS) is 16.3. The number of rotatable bonds is 6. The summed E-state index contributed by atoms with van der Waals surface area (Å²) in [6.45, 7) is 10.5. The fourth-order valence-electron chi connectivity index (χ4n) is 5.09. The van der Waals surface area contributed by atoms with E-state index < -0.39 is 5.97 Å². The summed E-state index contributed by atoms with van der Waals surface area (Å²) in [6, 6.07) is 17.6. The van der Waals surface area contributed by atoms with Crippen LogP contribution in [-0.2, 0) is 16.1 Å². The summed E-state index contributed by atoms with van der Waals surface area (Å²) in [7, 11) is 0. The number of ether oxygens (including phenoxy) is 2. The number of phenols is 1. The van der Waals surface area contributed by atoms with E-state index in [2.05, 4.69) is 18.7 Å². The Morgan fingerprint density at radius 2 is 1.78 bits per heavy atom. The van der Waals surface area contributed by atoms with E-state index in [9.17, 15) is 9.90 Å². The first-order valence-corrected chi connectivity index (χ1v) is 12.5. The SMILES string of the molecule is C1CCOC1.C=C1CC(CC(=O)O)c2ccc(OCc3cccc(-c4c(C)cc(O)cc4C)c3)cc21. The van der Waals surface area contributed by atoms with Crippen molar-refractivity contribution in [2.45, 2.75) is 52.1 Å². The van der Waals surface area contributed by atoms with Crippen LogP contribution in [-0.4, -0.2) is 29.4 Å². The molecule has 0 spiro atoms. The highest BCUT2D eigenvalue weighted by molar-refractivity contribution is 5.77. The molecule has 36 heavy (non-hydrogen) atoms. The Morgan fingerprint density at radius 1 is 1.06 bits per heavy atom. The fraction of sp³-hybridized carbons (Fsp3) is 0.323. The molecule has 1 saturated heterocycles. The summed E-state index contributed by atoms with van der Waals surface area (Å²) in [4.78, 5) is 11.1. The van der Waals surface area contributed by atoms with E-state index in [0.717, 1.165) is 63.5 Å². The van der Waals surface area contributed by atoms with Gasteiger partial charge in [-0.05, 0) is 114 Å². The molecule has 5 nitrogen and oxygen atoms in total. The third-order valence-electron chi connectivity index (χ3n) is 6.73. The number of aliphatic carboxylic acids is 1. The molecule has 188 valence electrons. The molecule has 1 heterocycles. The summed E-state index contributed by atoms with van der Waals surface area (Å²) >= 11 is 0. The van der Waals surface area contributed by atoms with Gasteiger partial charge in [0.05, 0.1) is 6.42 Å². The minimum absolute atomic E-state index is 0.0116. The Morgan fingerprint density at radius 3 is 2.42 bits per heavy atom. The molecule has 2 aliphatic rings. The number of aryl methyl sites for hydroxylation is 2. The zero-order valence-electron chi connectivity index (χ0n) is 21.0. The van der Waals surface area contributed by atoms with Crippen molar-refractivity contribution in [2.75, 3.05) is 13.2 Å². The summed E-state index contributed by atoms with van der Waals surface area (Å²) in [6.07, 6.45) is 3.35. The topological polar surface area (TPSA) is 76.0 Å². The zero-order chi connectivity index (χ0) is 25.7. The van der Waals surface area contributed by atoms with E-state index >= 15 is 0 Å². The molecule has 5 heteroatoms. The first kappa shape index (κ1) is 25.5. The van der Waals surface area contributed by atoms with Gasteiger partial charge in [0.25, 0.3) is 0 Å². The standard InChI is InChI=1S/C27H26O4.C4H8O/c1-16-9-21(13-26(29)30)24-8-7-23(14-25(16)24)31-15-19-5-4-6-20(12-19)27-17(2)10-22(28)11-18(27)3;1-2-4-5-3-1/h4-8,10-12,14,21,28H,1,9,13,15H2,2-3H3,(H,29,30);1-4H2. The third kappa shape index (κ3) is 6.16. The molecule has 0 saturated carbocycles. The van der Waals surface area contributed by atoms with Crippen LogP contribution < -0.4 is 4.74 Å². The van der Waals surface area contributed by atoms with Gasteiger partial charge in [-0.25, -0.2) is 0 Å². The molecule has 1 aliphatic heterocycles. The highest BCUT2D eigenvalue weighted by Crippen LogP contribution is 2.43. The predicted molar refractivity (Wildman–Crippen MR) is 142 cm³/mol. The largest absolute Gasteiger partial charge is 0.508 e. The van der Waals surface area contributed by atoms with E-state index in [1.807, 2.05) is 44.2 Å². The third-order valence-corrected chi connectivity index (χ3v) is 6.73. The van der Waals surface area contributed by atoms with E-state index in [-0.39, 0.29) is 18.1 Å². The number of hydrogen-bond acceptors (Lipinski definition) is 4. The van der Waals surface area contributed by atoms with E-state index in [4.69, 9.17) is 14.6 Å². The minimum atomic E-state index is -0.787. The molecule has 0 bridgehead atoms. The van der Waals surface area contributed by atoms with Gasteiger partial charge in [-0.15, -0.1) is 0 Å². The number of carboxylic acids is 1. The van der Waals surface area contributed by atoms with Gasteiger partial charge in [-0.2, -0.15) is 0 Å². The van der Waals surface area contributed by atoms with Crippen molar-refractivity contribution in [1.29, 1.82) is 0 Å². The molecular formula is C31H34O5. The average Bonchev–Trinajstić information content (AvgIpc) is 3.50. The van der Waals surface area contributed by atoms with Crippen LogP contribution in [0.15, 0.2) is 61.2 Å². The quantitative estimate of drug-likeness (QED) is 0.391. The monoisotopic (exact) mass is 486 g/mol. The number of aromatic hydroxyl groups is 1. The number of carbonyl (C=O) groups is 1. The maximum absolute atomic E-state index is 11.1. The van der Waals surface area contributed by atoms with Gasteiger partial charge in [0, 0.05) is 13.2 Å². The van der Waals surface area contributed by atoms with Crippen molar-refractivity contribution in [1.82, 2.24) is 0 Å². The second-order valence-electron chi connectivity index (χ2n) is 9.61. The molecule has 3 aromatic carbocycles. The Balaban J connectivity index is 0.000000543. The molecule has 1 atom stereocenters. The lowest BCUT2D eigenvalue weighted by Gasteiger charge is -2.13. The van der Waals surface area contributed by atoms with Gasteiger partial charge in [0.1, 0.15) is 18.1 Å². The molecule has 0 radical (unpaired) electrons. The predicted octanol–water partition coefficient (Wildman–Crippen LogP) is 7.03. The lowest BCUT2D eigenvalue weighted by atomic mass is 9.94. The molecule has 1 unspecified atom stereocenters. The minimum Gasteiger partial charge on any atom is -0.508 e. The van der Waals surface area contributed by atoms with Crippen molar-refractivity contribution in [3.63, 3.8) is 0 Å². The number of hydrogen-bond donors (Lipinski definition) is 2. The Kier molecular flexibility index (Phi) is 8.11. The number of fused-ring (bicyclic) bond motifs is 1. The Bertz CT molecular complexity index is 1220. The van der Waals surface area contributed by atoms with Gasteiger partial charge in [-0.1, -0.05) is 30.8 Å². The van der Waals surface area contributed by atoms with Crippen LogP contribution in [0.2, 0.25) is 0 Å². The number of carboxylic acid groups (broad SMARTS) is 1. The molecule has 2 N–H and O–H groups in total. The Labute approximate surface area is 213 Å². The zero-order valence-corrected chi connectivity index (χ0v) is 21.0. The number of allylic oxidation sites excluding steroid dienone is 1. The van der Waals surface area contributed by atoms with Gasteiger partial charge >= 0.3 is 5.97 Å².